The third-order valence-corrected chi connectivity index (χ3v) is 4.05. The molecule has 26 heavy (non-hydrogen) atoms. The van der Waals surface area contributed by atoms with Gasteiger partial charge in [0.15, 0.2) is 11.6 Å². The summed E-state index contributed by atoms with van der Waals surface area (Å²) in [5.41, 5.74) is 2.57. The van der Waals surface area contributed by atoms with Crippen molar-refractivity contribution in [3.63, 3.8) is 0 Å². The number of amides is 1. The van der Waals surface area contributed by atoms with Gasteiger partial charge in [-0.15, -0.1) is 0 Å². The summed E-state index contributed by atoms with van der Waals surface area (Å²) in [7, 11) is 0. The van der Waals surface area contributed by atoms with Gasteiger partial charge in [0, 0.05) is 28.7 Å². The first kappa shape index (κ1) is 17.8. The van der Waals surface area contributed by atoms with E-state index in [-0.39, 0.29) is 5.91 Å². The molecule has 0 spiro atoms. The maximum atomic E-state index is 13.3. The molecule has 3 aromatic rings. The minimum atomic E-state index is -0.965. The van der Waals surface area contributed by atoms with E-state index in [0.29, 0.717) is 27.6 Å². The van der Waals surface area contributed by atoms with Gasteiger partial charge in [-0.05, 0) is 42.8 Å². The van der Waals surface area contributed by atoms with Crippen LogP contribution in [0.5, 0.6) is 0 Å². The van der Waals surface area contributed by atoms with E-state index in [1.807, 2.05) is 6.92 Å². The number of benzene rings is 2. The molecule has 2 aromatic carbocycles. The second-order valence-electron chi connectivity index (χ2n) is 5.63. The Morgan fingerprint density at radius 2 is 1.73 bits per heavy atom. The van der Waals surface area contributed by atoms with Crippen LogP contribution in [0.25, 0.3) is 0 Å². The highest BCUT2D eigenvalue weighted by molar-refractivity contribution is 6.31. The van der Waals surface area contributed by atoms with E-state index in [9.17, 15) is 13.6 Å². The maximum absolute atomic E-state index is 13.3. The van der Waals surface area contributed by atoms with Crippen LogP contribution in [0.3, 0.4) is 0 Å². The van der Waals surface area contributed by atoms with E-state index in [1.165, 1.54) is 18.5 Å². The first-order valence-corrected chi connectivity index (χ1v) is 8.05. The van der Waals surface area contributed by atoms with Gasteiger partial charge in [0.2, 0.25) is 0 Å². The van der Waals surface area contributed by atoms with Crippen molar-refractivity contribution in [3.05, 3.63) is 82.6 Å². The first-order chi connectivity index (χ1) is 12.4. The Kier molecular flexibility index (Phi) is 5.14. The lowest BCUT2D eigenvalue weighted by Crippen LogP contribution is -2.12. The number of rotatable bonds is 4. The Labute approximate surface area is 153 Å². The molecule has 3 rings (SSSR count). The highest BCUT2D eigenvalue weighted by atomic mass is 35.5. The molecule has 0 aliphatic carbocycles. The lowest BCUT2D eigenvalue weighted by atomic mass is 10.2. The number of aromatic nitrogens is 1. The molecule has 1 heterocycles. The number of anilines is 3. The lowest BCUT2D eigenvalue weighted by molar-refractivity contribution is 0.102. The summed E-state index contributed by atoms with van der Waals surface area (Å²) < 4.78 is 26.3. The number of hydrogen-bond acceptors (Lipinski definition) is 3. The average Bonchev–Trinajstić information content (AvgIpc) is 2.61. The third-order valence-electron chi connectivity index (χ3n) is 3.64. The molecule has 0 aliphatic rings. The number of nitrogens with zero attached hydrogens (tertiary/aromatic N) is 1. The van der Waals surface area contributed by atoms with Gasteiger partial charge in [-0.3, -0.25) is 9.78 Å². The van der Waals surface area contributed by atoms with Gasteiger partial charge in [0.25, 0.3) is 5.91 Å². The van der Waals surface area contributed by atoms with Crippen molar-refractivity contribution in [1.29, 1.82) is 0 Å². The molecule has 7 heteroatoms. The Balaban J connectivity index is 1.76. The molecule has 1 amide bonds. The van der Waals surface area contributed by atoms with Gasteiger partial charge in [-0.1, -0.05) is 17.7 Å². The largest absolute Gasteiger partial charge is 0.354 e. The third kappa shape index (κ3) is 4.15. The van der Waals surface area contributed by atoms with Crippen molar-refractivity contribution < 1.29 is 13.6 Å². The highest BCUT2D eigenvalue weighted by Crippen LogP contribution is 2.22. The summed E-state index contributed by atoms with van der Waals surface area (Å²) in [5.74, 6) is -2.27. The molecular formula is C19H14ClF2N3O. The van der Waals surface area contributed by atoms with Crippen molar-refractivity contribution in [1.82, 2.24) is 4.98 Å². The molecule has 4 nitrogen and oxygen atoms in total. The standard InChI is InChI=1S/C19H14ClF2N3O/c1-11-2-3-13(7-16(11)20)25-19(26)12-6-15(10-23-9-12)24-14-4-5-17(21)18(22)8-14/h2-10,24H,1H3,(H,25,26). The van der Waals surface area contributed by atoms with E-state index in [2.05, 4.69) is 15.6 Å². The minimum absolute atomic E-state index is 0.300. The van der Waals surface area contributed by atoms with Crippen molar-refractivity contribution >= 4 is 34.6 Å². The number of nitrogens with one attached hydrogen (secondary N) is 2. The number of hydrogen-bond donors (Lipinski definition) is 2. The van der Waals surface area contributed by atoms with E-state index in [1.54, 1.807) is 24.3 Å². The molecule has 0 aliphatic heterocycles. The molecule has 0 saturated heterocycles. The Bertz CT molecular complexity index is 979. The summed E-state index contributed by atoms with van der Waals surface area (Å²) >= 11 is 6.05. The molecule has 0 fully saturated rings. The van der Waals surface area contributed by atoms with Gasteiger partial charge in [-0.2, -0.15) is 0 Å². The zero-order valence-corrected chi connectivity index (χ0v) is 14.4. The van der Waals surface area contributed by atoms with Crippen LogP contribution < -0.4 is 10.6 Å². The van der Waals surface area contributed by atoms with Crippen LogP contribution in [0.1, 0.15) is 15.9 Å². The molecule has 1 aromatic heterocycles. The summed E-state index contributed by atoms with van der Waals surface area (Å²) in [6.07, 6.45) is 2.88. The fourth-order valence-electron chi connectivity index (χ4n) is 2.25. The Hall–Kier alpha value is -2.99. The monoisotopic (exact) mass is 373 g/mol. The van der Waals surface area contributed by atoms with E-state index < -0.39 is 11.6 Å². The Morgan fingerprint density at radius 1 is 0.962 bits per heavy atom. The molecule has 132 valence electrons. The predicted molar refractivity (Wildman–Crippen MR) is 98.0 cm³/mol. The fourth-order valence-corrected chi connectivity index (χ4v) is 2.43. The van der Waals surface area contributed by atoms with E-state index in [0.717, 1.165) is 17.7 Å². The van der Waals surface area contributed by atoms with Crippen LogP contribution in [0.15, 0.2) is 54.9 Å². The minimum Gasteiger partial charge on any atom is -0.354 e. The van der Waals surface area contributed by atoms with Crippen molar-refractivity contribution in [2.45, 2.75) is 6.92 Å². The second-order valence-corrected chi connectivity index (χ2v) is 6.04. The van der Waals surface area contributed by atoms with Crippen LogP contribution >= 0.6 is 11.6 Å². The number of pyridine rings is 1. The van der Waals surface area contributed by atoms with Crippen LogP contribution in [0, 0.1) is 18.6 Å². The van der Waals surface area contributed by atoms with E-state index >= 15 is 0 Å². The molecule has 0 saturated carbocycles. The number of carbonyl (C=O) groups excluding carboxylic acids is 1. The highest BCUT2D eigenvalue weighted by Gasteiger charge is 2.09. The molecule has 0 radical (unpaired) electrons. The summed E-state index contributed by atoms with van der Waals surface area (Å²) in [6.45, 7) is 1.87. The van der Waals surface area contributed by atoms with Gasteiger partial charge in [-0.25, -0.2) is 8.78 Å². The quantitative estimate of drug-likeness (QED) is 0.651. The smallest absolute Gasteiger partial charge is 0.257 e. The van der Waals surface area contributed by atoms with Crippen molar-refractivity contribution in [2.24, 2.45) is 0 Å². The molecule has 0 atom stereocenters. The predicted octanol–water partition coefficient (Wildman–Crippen LogP) is 5.32. The maximum Gasteiger partial charge on any atom is 0.257 e. The van der Waals surface area contributed by atoms with Gasteiger partial charge in [0.1, 0.15) is 0 Å². The van der Waals surface area contributed by atoms with Crippen molar-refractivity contribution in [2.75, 3.05) is 10.6 Å². The second kappa shape index (κ2) is 7.49. The lowest BCUT2D eigenvalue weighted by Gasteiger charge is -2.09. The van der Waals surface area contributed by atoms with Crippen molar-refractivity contribution in [3.8, 4) is 0 Å². The fraction of sp³-hybridized carbons (Fsp3) is 0.0526. The number of halogens is 3. The zero-order chi connectivity index (χ0) is 18.7. The van der Waals surface area contributed by atoms with Gasteiger partial charge >= 0.3 is 0 Å². The topological polar surface area (TPSA) is 54.0 Å². The molecular weight excluding hydrogens is 360 g/mol. The number of aryl methyl sites for hydroxylation is 1. The van der Waals surface area contributed by atoms with Crippen LogP contribution in [-0.4, -0.2) is 10.9 Å². The first-order valence-electron chi connectivity index (χ1n) is 7.67. The van der Waals surface area contributed by atoms with Crippen LogP contribution in [-0.2, 0) is 0 Å². The SMILES string of the molecule is Cc1ccc(NC(=O)c2cncc(Nc3ccc(F)c(F)c3)c2)cc1Cl. The molecule has 0 unspecified atom stereocenters. The summed E-state index contributed by atoms with van der Waals surface area (Å²) in [6, 6.07) is 10.2. The van der Waals surface area contributed by atoms with Crippen LogP contribution in [0.4, 0.5) is 25.8 Å². The normalized spacial score (nSPS) is 10.5. The number of carbonyl (C=O) groups is 1. The average molecular weight is 374 g/mol. The molecule has 0 bridgehead atoms. The van der Waals surface area contributed by atoms with Gasteiger partial charge in [0.05, 0.1) is 17.4 Å². The van der Waals surface area contributed by atoms with Crippen LogP contribution in [0.2, 0.25) is 5.02 Å². The summed E-state index contributed by atoms with van der Waals surface area (Å²) in [4.78, 5) is 16.4. The van der Waals surface area contributed by atoms with E-state index in [4.69, 9.17) is 11.6 Å². The molecule has 2 N–H and O–H groups in total. The Morgan fingerprint density at radius 3 is 2.46 bits per heavy atom. The zero-order valence-electron chi connectivity index (χ0n) is 13.7. The van der Waals surface area contributed by atoms with Gasteiger partial charge < -0.3 is 10.6 Å². The summed E-state index contributed by atoms with van der Waals surface area (Å²) in [5, 5.41) is 6.16.